The van der Waals surface area contributed by atoms with Crippen molar-refractivity contribution in [2.24, 2.45) is 4.99 Å². The highest BCUT2D eigenvalue weighted by atomic mass is 32.1. The van der Waals surface area contributed by atoms with Crippen molar-refractivity contribution < 1.29 is 9.59 Å². The van der Waals surface area contributed by atoms with Gasteiger partial charge in [-0.1, -0.05) is 0 Å². The number of carbonyl (C=O) groups excluding carboxylic acids is 2. The zero-order valence-corrected chi connectivity index (χ0v) is 22.5. The van der Waals surface area contributed by atoms with Gasteiger partial charge in [-0.2, -0.15) is 0 Å². The normalized spacial score (nSPS) is 17.6. The minimum atomic E-state index is -0.256. The topological polar surface area (TPSA) is 97.9 Å². The molecule has 0 spiro atoms. The number of aromatic nitrogens is 1. The van der Waals surface area contributed by atoms with E-state index in [9.17, 15) is 14.4 Å². The number of likely N-dealkylation sites (tertiary alicyclic amines) is 1. The van der Waals surface area contributed by atoms with Crippen LogP contribution in [0.1, 0.15) is 62.0 Å². The summed E-state index contributed by atoms with van der Waals surface area (Å²) in [5.74, 6) is -0.494. The predicted octanol–water partition coefficient (Wildman–Crippen LogP) is 4.16. The van der Waals surface area contributed by atoms with Crippen molar-refractivity contribution in [2.75, 3.05) is 31.5 Å². The number of nitrogens with zero attached hydrogens (tertiary/aromatic N) is 3. The van der Waals surface area contributed by atoms with Crippen molar-refractivity contribution in [3.05, 3.63) is 78.9 Å². The van der Waals surface area contributed by atoms with E-state index in [0.29, 0.717) is 47.6 Å². The Morgan fingerprint density at radius 3 is 2.58 bits per heavy atom. The summed E-state index contributed by atoms with van der Waals surface area (Å²) in [5.41, 5.74) is 5.28. The average molecular weight is 530 g/mol. The summed E-state index contributed by atoms with van der Waals surface area (Å²) in [6.07, 6.45) is 5.27. The van der Waals surface area contributed by atoms with Crippen LogP contribution >= 0.6 is 11.3 Å². The number of aromatic amines is 1. The summed E-state index contributed by atoms with van der Waals surface area (Å²) >= 11 is 1.74. The molecule has 0 unspecified atom stereocenters. The van der Waals surface area contributed by atoms with Crippen LogP contribution in [0, 0.1) is 6.92 Å². The first-order chi connectivity index (χ1) is 18.4. The van der Waals surface area contributed by atoms with Crippen molar-refractivity contribution >= 4 is 40.2 Å². The van der Waals surface area contributed by atoms with E-state index in [1.807, 2.05) is 6.07 Å². The second-order valence-corrected chi connectivity index (χ2v) is 11.4. The lowest BCUT2D eigenvalue weighted by Crippen LogP contribution is -2.37. The second kappa shape index (κ2) is 9.96. The number of aliphatic imine (C=N–C) groups is 1. The Morgan fingerprint density at radius 1 is 1.08 bits per heavy atom. The Balaban J connectivity index is 1.23. The van der Waals surface area contributed by atoms with Gasteiger partial charge < -0.3 is 15.2 Å². The molecule has 6 rings (SSSR count). The summed E-state index contributed by atoms with van der Waals surface area (Å²) in [5, 5.41) is 5.61. The van der Waals surface area contributed by atoms with E-state index in [1.54, 1.807) is 29.7 Å². The summed E-state index contributed by atoms with van der Waals surface area (Å²) in [4.78, 5) is 51.8. The number of fused-ring (bicyclic) bond motifs is 2. The maximum Gasteiger partial charge on any atom is 0.261 e. The molecule has 2 aromatic heterocycles. The molecule has 1 aromatic carbocycles. The van der Waals surface area contributed by atoms with Crippen molar-refractivity contribution in [1.29, 1.82) is 0 Å². The van der Waals surface area contributed by atoms with Crippen LogP contribution in [-0.4, -0.2) is 64.5 Å². The van der Waals surface area contributed by atoms with Gasteiger partial charge >= 0.3 is 0 Å². The van der Waals surface area contributed by atoms with Gasteiger partial charge in [-0.15, -0.1) is 11.3 Å². The fourth-order valence-electron chi connectivity index (χ4n) is 5.67. The van der Waals surface area contributed by atoms with Gasteiger partial charge in [-0.05, 0) is 80.6 Å². The maximum absolute atomic E-state index is 13.1. The van der Waals surface area contributed by atoms with E-state index in [0.717, 1.165) is 30.8 Å². The van der Waals surface area contributed by atoms with Crippen molar-refractivity contribution in [3.63, 3.8) is 0 Å². The molecule has 196 valence electrons. The monoisotopic (exact) mass is 529 g/mol. The van der Waals surface area contributed by atoms with Crippen LogP contribution in [0.5, 0.6) is 0 Å². The van der Waals surface area contributed by atoms with Crippen LogP contribution in [0.3, 0.4) is 0 Å². The molecule has 0 aliphatic carbocycles. The van der Waals surface area contributed by atoms with E-state index in [-0.39, 0.29) is 23.4 Å². The number of H-pyrrole nitrogens is 1. The van der Waals surface area contributed by atoms with Gasteiger partial charge in [0, 0.05) is 43.0 Å². The highest BCUT2D eigenvalue weighted by Gasteiger charge is 2.37. The number of pyridine rings is 1. The first-order valence-corrected chi connectivity index (χ1v) is 14.1. The van der Waals surface area contributed by atoms with E-state index in [4.69, 9.17) is 4.99 Å². The molecule has 0 radical (unpaired) electrons. The molecule has 2 amide bonds. The van der Waals surface area contributed by atoms with E-state index >= 15 is 0 Å². The second-order valence-electron chi connectivity index (χ2n) is 10.4. The predicted molar refractivity (Wildman–Crippen MR) is 150 cm³/mol. The first kappa shape index (κ1) is 24.8. The molecule has 3 aliphatic rings. The highest BCUT2D eigenvalue weighted by molar-refractivity contribution is 7.10. The van der Waals surface area contributed by atoms with Crippen LogP contribution in [0.25, 0.3) is 0 Å². The summed E-state index contributed by atoms with van der Waals surface area (Å²) in [7, 11) is 0. The summed E-state index contributed by atoms with van der Waals surface area (Å²) in [6.45, 7) is 7.38. The fourth-order valence-corrected chi connectivity index (χ4v) is 6.71. The lowest BCUT2D eigenvalue weighted by atomic mass is 10.00. The first-order valence-electron chi connectivity index (χ1n) is 13.2. The molecule has 3 aliphatic heterocycles. The minimum absolute atomic E-state index is 0.114. The molecule has 3 aromatic rings. The Labute approximate surface area is 225 Å². The van der Waals surface area contributed by atoms with Crippen LogP contribution in [0.2, 0.25) is 0 Å². The maximum atomic E-state index is 13.1. The average Bonchev–Trinajstić information content (AvgIpc) is 3.67. The van der Waals surface area contributed by atoms with Crippen LogP contribution in [-0.2, 0) is 12.8 Å². The van der Waals surface area contributed by atoms with Gasteiger partial charge in [0.15, 0.2) is 0 Å². The quantitative estimate of drug-likeness (QED) is 0.427. The molecular formula is C29H31N5O3S. The molecule has 1 atom stereocenters. The van der Waals surface area contributed by atoms with Gasteiger partial charge in [0.25, 0.3) is 17.4 Å². The summed E-state index contributed by atoms with van der Waals surface area (Å²) in [6, 6.07) is 7.62. The Kier molecular flexibility index (Phi) is 6.49. The smallest absolute Gasteiger partial charge is 0.261 e. The molecule has 1 saturated heterocycles. The van der Waals surface area contributed by atoms with Gasteiger partial charge in [0.1, 0.15) is 0 Å². The van der Waals surface area contributed by atoms with E-state index in [2.05, 4.69) is 40.5 Å². The number of nitrogens with one attached hydrogen (secondary N) is 2. The van der Waals surface area contributed by atoms with Gasteiger partial charge in [0.05, 0.1) is 33.8 Å². The van der Waals surface area contributed by atoms with Crippen LogP contribution in [0.15, 0.2) is 45.6 Å². The Hall–Kier alpha value is -3.56. The van der Waals surface area contributed by atoms with Crippen molar-refractivity contribution in [1.82, 2.24) is 14.8 Å². The Bertz CT molecular complexity index is 1510. The van der Waals surface area contributed by atoms with Crippen LogP contribution < -0.4 is 10.9 Å². The number of benzene rings is 1. The lowest BCUT2D eigenvalue weighted by Gasteiger charge is -2.19. The molecule has 1 fully saturated rings. The third-order valence-corrected chi connectivity index (χ3v) is 8.78. The molecule has 38 heavy (non-hydrogen) atoms. The van der Waals surface area contributed by atoms with E-state index in [1.165, 1.54) is 28.2 Å². The third-order valence-electron chi connectivity index (χ3n) is 7.73. The lowest BCUT2D eigenvalue weighted by molar-refractivity contribution is 0.0640. The number of hydrogen-bond donors (Lipinski definition) is 2. The third kappa shape index (κ3) is 4.50. The fraction of sp³-hybridized carbons (Fsp3) is 0.379. The van der Waals surface area contributed by atoms with Gasteiger partial charge in [-0.25, -0.2) is 0 Å². The minimum Gasteiger partial charge on any atom is -0.381 e. The SMILES string of the molecule is Cc1ccsc1C[C@H](C)Nc1cc[nH]c(=O)c1C1=Nc2cc3c(cc2C1)C(=O)N(CCN1CCCC1)C3=O. The molecule has 9 heteroatoms. The summed E-state index contributed by atoms with van der Waals surface area (Å²) < 4.78 is 0. The van der Waals surface area contributed by atoms with Crippen molar-refractivity contribution in [2.45, 2.75) is 45.6 Å². The molecule has 0 saturated carbocycles. The number of hydrogen-bond acceptors (Lipinski definition) is 7. The van der Waals surface area contributed by atoms with Crippen molar-refractivity contribution in [3.8, 4) is 0 Å². The molecule has 5 heterocycles. The molecule has 8 nitrogen and oxygen atoms in total. The standard InChI is InChI=1S/C29H31N5O3S/c1-17-6-12-38-25(17)13-18(2)31-22-5-7-30-27(35)26(22)24-15-19-14-20-21(16-23(19)32-24)29(37)34(28(20)36)11-10-33-8-3-4-9-33/h5-7,12,14,16,18H,3-4,8-11,13,15H2,1-2H3,(H2,30,31,35)/t18-/m0/s1. The number of aryl methyl sites for hydroxylation is 1. The zero-order valence-electron chi connectivity index (χ0n) is 21.7. The largest absolute Gasteiger partial charge is 0.381 e. The number of carbonyl (C=O) groups is 2. The van der Waals surface area contributed by atoms with Crippen LogP contribution in [0.4, 0.5) is 11.4 Å². The Morgan fingerprint density at radius 2 is 1.84 bits per heavy atom. The molecule has 2 N–H and O–H groups in total. The number of imide groups is 1. The van der Waals surface area contributed by atoms with Gasteiger partial charge in [-0.3, -0.25) is 24.3 Å². The molecular weight excluding hydrogens is 498 g/mol. The number of anilines is 1. The van der Waals surface area contributed by atoms with E-state index < -0.39 is 0 Å². The highest BCUT2D eigenvalue weighted by Crippen LogP contribution is 2.36. The number of amides is 2. The number of rotatable bonds is 8. The molecule has 0 bridgehead atoms. The van der Waals surface area contributed by atoms with Gasteiger partial charge in [0.2, 0.25) is 0 Å². The zero-order chi connectivity index (χ0) is 26.4. The number of thiophene rings is 1.